The Morgan fingerprint density at radius 2 is 1.65 bits per heavy atom. The Bertz CT molecular complexity index is 1020. The second-order valence-electron chi connectivity index (χ2n) is 7.91. The Kier molecular flexibility index (Phi) is 7.55. The highest BCUT2D eigenvalue weighted by Gasteiger charge is 2.11. The Balaban J connectivity index is 1.81. The molecular formula is C26H30N4O. The van der Waals surface area contributed by atoms with Gasteiger partial charge in [-0.3, -0.25) is 15.1 Å². The molecule has 0 aliphatic rings. The largest absolute Gasteiger partial charge is 0.326 e. The molecule has 0 aliphatic carbocycles. The molecule has 1 aromatic heterocycles. The van der Waals surface area contributed by atoms with Gasteiger partial charge in [-0.15, -0.1) is 0 Å². The van der Waals surface area contributed by atoms with Crippen LogP contribution < -0.4 is 10.6 Å². The van der Waals surface area contributed by atoms with E-state index in [0.29, 0.717) is 24.0 Å². The minimum Gasteiger partial charge on any atom is -0.326 e. The number of nitrogens with zero attached hydrogens (tertiary/aromatic N) is 2. The van der Waals surface area contributed by atoms with Crippen molar-refractivity contribution in [2.45, 2.75) is 46.6 Å². The molecule has 1 amide bonds. The third-order valence-electron chi connectivity index (χ3n) is 5.24. The van der Waals surface area contributed by atoms with E-state index in [1.165, 1.54) is 5.56 Å². The van der Waals surface area contributed by atoms with Crippen molar-refractivity contribution >= 4 is 17.6 Å². The van der Waals surface area contributed by atoms with Gasteiger partial charge < -0.3 is 5.32 Å². The number of pyridine rings is 1. The summed E-state index contributed by atoms with van der Waals surface area (Å²) in [5.74, 6) is 0.736. The van der Waals surface area contributed by atoms with Gasteiger partial charge in [-0.1, -0.05) is 43.2 Å². The normalized spacial score (nSPS) is 12.3. The smallest absolute Gasteiger partial charge is 0.257 e. The first-order chi connectivity index (χ1) is 14.9. The molecule has 0 unspecified atom stereocenters. The molecule has 0 saturated heterocycles. The number of nitrogens with one attached hydrogen (secondary N) is 2. The summed E-state index contributed by atoms with van der Waals surface area (Å²) in [7, 11) is 0. The van der Waals surface area contributed by atoms with Crippen LogP contribution in [0.1, 0.15) is 58.8 Å². The van der Waals surface area contributed by atoms with E-state index < -0.39 is 0 Å². The monoisotopic (exact) mass is 414 g/mol. The molecule has 0 spiro atoms. The minimum atomic E-state index is -0.191. The minimum absolute atomic E-state index is 0.191. The van der Waals surface area contributed by atoms with Crippen LogP contribution in [0.5, 0.6) is 0 Å². The molecule has 2 aromatic carbocycles. The molecule has 0 radical (unpaired) electrons. The fourth-order valence-electron chi connectivity index (χ4n) is 3.32. The highest BCUT2D eigenvalue weighted by atomic mass is 16.1. The Hall–Kier alpha value is -3.47. The predicted octanol–water partition coefficient (Wildman–Crippen LogP) is 5.61. The standard InChI is InChI=1S/C26H30N4O/c1-5-20(4)22-6-8-24(9-7-22)29-26(28-17-21-10-12-27-13-11-21)30-25(31)23-15-18(2)14-19(3)16-23/h6-16,20H,5,17H2,1-4H3,(H2,28,29,30,31)/t20-/m1/s1. The van der Waals surface area contributed by atoms with Crippen molar-refractivity contribution in [3.05, 3.63) is 94.8 Å². The molecule has 3 aromatic rings. The zero-order chi connectivity index (χ0) is 22.2. The summed E-state index contributed by atoms with van der Waals surface area (Å²) in [6, 6.07) is 17.9. The number of amides is 1. The first-order valence-corrected chi connectivity index (χ1v) is 10.6. The number of aliphatic imine (C=N–C) groups is 1. The van der Waals surface area contributed by atoms with Crippen LogP contribution in [0.25, 0.3) is 0 Å². The van der Waals surface area contributed by atoms with E-state index in [1.807, 2.05) is 56.3 Å². The summed E-state index contributed by atoms with van der Waals surface area (Å²) in [6.07, 6.45) is 4.57. The summed E-state index contributed by atoms with van der Waals surface area (Å²) in [5, 5.41) is 6.21. The van der Waals surface area contributed by atoms with Gasteiger partial charge in [0.05, 0.1) is 6.54 Å². The van der Waals surface area contributed by atoms with E-state index in [4.69, 9.17) is 0 Å². The lowest BCUT2D eigenvalue weighted by Gasteiger charge is -2.14. The van der Waals surface area contributed by atoms with Crippen LogP contribution in [0.15, 0.2) is 72.0 Å². The van der Waals surface area contributed by atoms with E-state index in [0.717, 1.165) is 28.8 Å². The Morgan fingerprint density at radius 3 is 2.26 bits per heavy atom. The highest BCUT2D eigenvalue weighted by molar-refractivity contribution is 6.10. The Labute approximate surface area is 184 Å². The van der Waals surface area contributed by atoms with Crippen molar-refractivity contribution in [2.24, 2.45) is 4.99 Å². The van der Waals surface area contributed by atoms with Crippen LogP contribution in [0, 0.1) is 13.8 Å². The lowest BCUT2D eigenvalue weighted by Crippen LogP contribution is -2.36. The molecule has 5 nitrogen and oxygen atoms in total. The van der Waals surface area contributed by atoms with Crippen LogP contribution in [0.2, 0.25) is 0 Å². The van der Waals surface area contributed by atoms with E-state index in [2.05, 4.69) is 46.6 Å². The van der Waals surface area contributed by atoms with Crippen molar-refractivity contribution in [1.29, 1.82) is 0 Å². The number of aryl methyl sites for hydroxylation is 2. The molecule has 3 rings (SSSR count). The van der Waals surface area contributed by atoms with Gasteiger partial charge in [0.2, 0.25) is 5.96 Å². The zero-order valence-corrected chi connectivity index (χ0v) is 18.6. The van der Waals surface area contributed by atoms with Gasteiger partial charge in [0, 0.05) is 23.6 Å². The van der Waals surface area contributed by atoms with E-state index >= 15 is 0 Å². The molecule has 160 valence electrons. The maximum absolute atomic E-state index is 12.9. The van der Waals surface area contributed by atoms with E-state index in [9.17, 15) is 4.79 Å². The van der Waals surface area contributed by atoms with Gasteiger partial charge in [-0.2, -0.15) is 0 Å². The first kappa shape index (κ1) is 22.2. The van der Waals surface area contributed by atoms with Gasteiger partial charge >= 0.3 is 0 Å². The fraction of sp³-hybridized carbons (Fsp3) is 0.269. The third-order valence-corrected chi connectivity index (χ3v) is 5.24. The second-order valence-corrected chi connectivity index (χ2v) is 7.91. The maximum Gasteiger partial charge on any atom is 0.257 e. The molecule has 1 atom stereocenters. The molecule has 0 bridgehead atoms. The molecule has 0 saturated carbocycles. The van der Waals surface area contributed by atoms with Gasteiger partial charge in [-0.05, 0) is 73.7 Å². The number of guanidine groups is 1. The van der Waals surface area contributed by atoms with Gasteiger partial charge in [0.1, 0.15) is 0 Å². The SMILES string of the molecule is CC[C@@H](C)c1ccc(NC(=NCc2ccncc2)NC(=O)c2cc(C)cc(C)c2)cc1. The summed E-state index contributed by atoms with van der Waals surface area (Å²) in [5.41, 5.74) is 5.90. The second kappa shape index (κ2) is 10.5. The third kappa shape index (κ3) is 6.51. The molecule has 31 heavy (non-hydrogen) atoms. The number of aromatic nitrogens is 1. The van der Waals surface area contributed by atoms with Crippen LogP contribution >= 0.6 is 0 Å². The van der Waals surface area contributed by atoms with E-state index in [1.54, 1.807) is 12.4 Å². The summed E-state index contributed by atoms with van der Waals surface area (Å²) in [4.78, 5) is 21.6. The number of benzene rings is 2. The highest BCUT2D eigenvalue weighted by Crippen LogP contribution is 2.20. The van der Waals surface area contributed by atoms with Crippen LogP contribution in [0.3, 0.4) is 0 Å². The lowest BCUT2D eigenvalue weighted by atomic mass is 9.99. The van der Waals surface area contributed by atoms with Crippen LogP contribution in [0.4, 0.5) is 5.69 Å². The average Bonchev–Trinajstić information content (AvgIpc) is 2.77. The first-order valence-electron chi connectivity index (χ1n) is 10.6. The van der Waals surface area contributed by atoms with Gasteiger partial charge in [0.25, 0.3) is 5.91 Å². The van der Waals surface area contributed by atoms with Crippen molar-refractivity contribution in [1.82, 2.24) is 10.3 Å². The topological polar surface area (TPSA) is 66.4 Å². The lowest BCUT2D eigenvalue weighted by molar-refractivity contribution is 0.0976. The molecule has 5 heteroatoms. The molecule has 2 N–H and O–H groups in total. The number of hydrogen-bond donors (Lipinski definition) is 2. The predicted molar refractivity (Wildman–Crippen MR) is 128 cm³/mol. The summed E-state index contributed by atoms with van der Waals surface area (Å²) >= 11 is 0. The van der Waals surface area contributed by atoms with Crippen molar-refractivity contribution < 1.29 is 4.79 Å². The van der Waals surface area contributed by atoms with Gasteiger partial charge in [0.15, 0.2) is 0 Å². The number of hydrogen-bond acceptors (Lipinski definition) is 3. The number of carbonyl (C=O) groups excluding carboxylic acids is 1. The van der Waals surface area contributed by atoms with Crippen molar-refractivity contribution in [3.8, 4) is 0 Å². The zero-order valence-electron chi connectivity index (χ0n) is 18.6. The molecule has 0 aliphatic heterocycles. The van der Waals surface area contributed by atoms with Gasteiger partial charge in [-0.25, -0.2) is 4.99 Å². The molecule has 1 heterocycles. The van der Waals surface area contributed by atoms with Crippen molar-refractivity contribution in [2.75, 3.05) is 5.32 Å². The number of rotatable bonds is 6. The maximum atomic E-state index is 12.9. The average molecular weight is 415 g/mol. The number of anilines is 1. The quantitative estimate of drug-likeness (QED) is 0.407. The summed E-state index contributed by atoms with van der Waals surface area (Å²) < 4.78 is 0. The van der Waals surface area contributed by atoms with Crippen LogP contribution in [-0.2, 0) is 6.54 Å². The number of carbonyl (C=O) groups is 1. The molecule has 0 fully saturated rings. The Morgan fingerprint density at radius 1 is 1.00 bits per heavy atom. The van der Waals surface area contributed by atoms with Crippen LogP contribution in [-0.4, -0.2) is 16.9 Å². The summed E-state index contributed by atoms with van der Waals surface area (Å²) in [6.45, 7) is 8.80. The van der Waals surface area contributed by atoms with E-state index in [-0.39, 0.29) is 5.91 Å². The fourth-order valence-corrected chi connectivity index (χ4v) is 3.32. The molecular weight excluding hydrogens is 384 g/mol. The van der Waals surface area contributed by atoms with Crippen molar-refractivity contribution in [3.63, 3.8) is 0 Å².